The van der Waals surface area contributed by atoms with Gasteiger partial charge in [-0.25, -0.2) is 0 Å². The lowest BCUT2D eigenvalue weighted by Gasteiger charge is -2.14. The van der Waals surface area contributed by atoms with Crippen LogP contribution in [0.5, 0.6) is 0 Å². The standard InChI is InChI=1S/C16H16.2C3H8/c1-5-13-11(3)15-9-7-8-10-16(15)12(4)14(13)6-2;2*1-3-2/h5-10H,1-2H2,3-4H3;2*3H2,1-2H3. The van der Waals surface area contributed by atoms with Gasteiger partial charge in [-0.15, -0.1) is 0 Å². The summed E-state index contributed by atoms with van der Waals surface area (Å²) in [5.41, 5.74) is 4.97. The van der Waals surface area contributed by atoms with E-state index in [1.54, 1.807) is 0 Å². The molecular formula is C22H32. The zero-order chi connectivity index (χ0) is 17.1. The third kappa shape index (κ3) is 4.87. The van der Waals surface area contributed by atoms with E-state index in [9.17, 15) is 0 Å². The van der Waals surface area contributed by atoms with Gasteiger partial charge in [0.1, 0.15) is 0 Å². The summed E-state index contributed by atoms with van der Waals surface area (Å²) in [6.07, 6.45) is 6.34. The Morgan fingerprint density at radius 2 is 1.00 bits per heavy atom. The average Bonchev–Trinajstić information content (AvgIpc) is 2.52. The molecule has 0 aliphatic carbocycles. The van der Waals surface area contributed by atoms with Crippen LogP contribution >= 0.6 is 0 Å². The minimum atomic E-state index is 1.20. The summed E-state index contributed by atoms with van der Waals surface area (Å²) in [6.45, 7) is 20.6. The molecule has 2 aromatic carbocycles. The quantitative estimate of drug-likeness (QED) is 0.536. The molecule has 120 valence electrons. The molecule has 0 spiro atoms. The van der Waals surface area contributed by atoms with E-state index in [4.69, 9.17) is 0 Å². The third-order valence-corrected chi connectivity index (χ3v) is 3.24. The van der Waals surface area contributed by atoms with Gasteiger partial charge >= 0.3 is 0 Å². The summed E-state index contributed by atoms with van der Waals surface area (Å²) >= 11 is 0. The first-order valence-electron chi connectivity index (χ1n) is 8.30. The summed E-state index contributed by atoms with van der Waals surface area (Å²) in [6, 6.07) is 8.49. The van der Waals surface area contributed by atoms with Crippen LogP contribution in [0.1, 0.15) is 62.8 Å². The Balaban J connectivity index is 0.000000639. The number of aryl methyl sites for hydroxylation is 2. The van der Waals surface area contributed by atoms with Gasteiger partial charge in [0.15, 0.2) is 0 Å². The summed E-state index contributed by atoms with van der Waals surface area (Å²) in [5.74, 6) is 0. The highest BCUT2D eigenvalue weighted by molar-refractivity contribution is 5.95. The molecule has 2 aromatic rings. The second-order valence-corrected chi connectivity index (χ2v) is 5.45. The van der Waals surface area contributed by atoms with E-state index in [0.29, 0.717) is 0 Å². The van der Waals surface area contributed by atoms with Crippen molar-refractivity contribution in [1.29, 1.82) is 0 Å². The maximum atomic E-state index is 3.90. The van der Waals surface area contributed by atoms with E-state index >= 15 is 0 Å². The Bertz CT molecular complexity index is 548. The molecule has 0 amide bonds. The summed E-state index contributed by atoms with van der Waals surface area (Å²) in [5, 5.41) is 2.61. The normalized spacial score (nSPS) is 9.18. The molecule has 0 aliphatic heterocycles. The van der Waals surface area contributed by atoms with Crippen molar-refractivity contribution in [2.75, 3.05) is 0 Å². The van der Waals surface area contributed by atoms with E-state index in [1.807, 2.05) is 12.2 Å². The van der Waals surface area contributed by atoms with Gasteiger partial charge in [-0.05, 0) is 46.9 Å². The van der Waals surface area contributed by atoms with Crippen LogP contribution in [0.4, 0.5) is 0 Å². The van der Waals surface area contributed by atoms with Crippen molar-refractivity contribution in [1.82, 2.24) is 0 Å². The molecule has 0 bridgehead atoms. The molecule has 22 heavy (non-hydrogen) atoms. The Morgan fingerprint density at radius 1 is 0.727 bits per heavy atom. The van der Waals surface area contributed by atoms with Crippen molar-refractivity contribution < 1.29 is 0 Å². The molecule has 0 heterocycles. The molecular weight excluding hydrogens is 264 g/mol. The Morgan fingerprint density at radius 3 is 1.23 bits per heavy atom. The van der Waals surface area contributed by atoms with Gasteiger partial charge in [0, 0.05) is 0 Å². The van der Waals surface area contributed by atoms with Gasteiger partial charge < -0.3 is 0 Å². The number of fused-ring (bicyclic) bond motifs is 1. The molecule has 2 rings (SSSR count). The largest absolute Gasteiger partial charge is 0.0984 e. The summed E-state index contributed by atoms with van der Waals surface area (Å²) < 4.78 is 0. The van der Waals surface area contributed by atoms with Crippen LogP contribution in [0.15, 0.2) is 37.4 Å². The monoisotopic (exact) mass is 296 g/mol. The van der Waals surface area contributed by atoms with Crippen molar-refractivity contribution in [3.05, 3.63) is 59.7 Å². The molecule has 0 N–H and O–H groups in total. The number of hydrogen-bond acceptors (Lipinski definition) is 0. The molecule has 0 radical (unpaired) electrons. The van der Waals surface area contributed by atoms with Crippen molar-refractivity contribution >= 4 is 22.9 Å². The molecule has 0 fully saturated rings. The lowest BCUT2D eigenvalue weighted by Crippen LogP contribution is -1.93. The van der Waals surface area contributed by atoms with E-state index < -0.39 is 0 Å². The molecule has 0 unspecified atom stereocenters. The van der Waals surface area contributed by atoms with Crippen molar-refractivity contribution in [3.63, 3.8) is 0 Å². The zero-order valence-corrected chi connectivity index (χ0v) is 15.3. The number of benzene rings is 2. The third-order valence-electron chi connectivity index (χ3n) is 3.24. The molecule has 0 saturated carbocycles. The first kappa shape index (κ1) is 20.2. The van der Waals surface area contributed by atoms with Gasteiger partial charge in [-0.1, -0.05) is 90.1 Å². The van der Waals surface area contributed by atoms with Crippen LogP contribution in [-0.2, 0) is 0 Å². The highest BCUT2D eigenvalue weighted by Gasteiger charge is 2.09. The minimum absolute atomic E-state index is 1.20. The first-order chi connectivity index (χ1) is 10.5. The predicted molar refractivity (Wildman–Crippen MR) is 106 cm³/mol. The first-order valence-corrected chi connectivity index (χ1v) is 8.30. The van der Waals surface area contributed by atoms with Gasteiger partial charge in [0.2, 0.25) is 0 Å². The van der Waals surface area contributed by atoms with Crippen LogP contribution in [0.25, 0.3) is 22.9 Å². The average molecular weight is 296 g/mol. The predicted octanol–water partition coefficient (Wildman–Crippen LogP) is 7.58. The molecule has 0 saturated heterocycles. The Kier molecular flexibility index (Phi) is 9.95. The molecule has 0 heteroatoms. The van der Waals surface area contributed by atoms with Gasteiger partial charge in [-0.2, -0.15) is 0 Å². The van der Waals surface area contributed by atoms with Crippen LogP contribution in [-0.4, -0.2) is 0 Å². The van der Waals surface area contributed by atoms with E-state index in [2.05, 4.69) is 79.0 Å². The van der Waals surface area contributed by atoms with Crippen LogP contribution < -0.4 is 0 Å². The summed E-state index contributed by atoms with van der Waals surface area (Å²) in [4.78, 5) is 0. The van der Waals surface area contributed by atoms with Crippen LogP contribution in [0.2, 0.25) is 0 Å². The minimum Gasteiger partial charge on any atom is -0.0984 e. The fraction of sp³-hybridized carbons (Fsp3) is 0.364. The Hall–Kier alpha value is -1.82. The van der Waals surface area contributed by atoms with Crippen molar-refractivity contribution in [3.8, 4) is 0 Å². The maximum Gasteiger partial charge on any atom is -0.0146 e. The van der Waals surface area contributed by atoms with Crippen molar-refractivity contribution in [2.45, 2.75) is 54.4 Å². The molecule has 0 atom stereocenters. The second-order valence-electron chi connectivity index (χ2n) is 5.45. The van der Waals surface area contributed by atoms with Gasteiger partial charge in [0.05, 0.1) is 0 Å². The Labute approximate surface area is 137 Å². The smallest absolute Gasteiger partial charge is 0.0146 e. The topological polar surface area (TPSA) is 0 Å². The fourth-order valence-electron chi connectivity index (χ4n) is 2.36. The van der Waals surface area contributed by atoms with Crippen LogP contribution in [0.3, 0.4) is 0 Å². The summed E-state index contributed by atoms with van der Waals surface area (Å²) in [7, 11) is 0. The second kappa shape index (κ2) is 10.8. The maximum absolute atomic E-state index is 3.90. The molecule has 0 aromatic heterocycles. The highest BCUT2D eigenvalue weighted by atomic mass is 14.1. The zero-order valence-electron chi connectivity index (χ0n) is 15.3. The molecule has 0 aliphatic rings. The number of hydrogen-bond donors (Lipinski definition) is 0. The van der Waals surface area contributed by atoms with Crippen LogP contribution in [0, 0.1) is 13.8 Å². The van der Waals surface area contributed by atoms with E-state index in [-0.39, 0.29) is 0 Å². The lowest BCUT2D eigenvalue weighted by molar-refractivity contribution is 1.09. The molecule has 0 nitrogen and oxygen atoms in total. The lowest BCUT2D eigenvalue weighted by atomic mass is 9.90. The van der Waals surface area contributed by atoms with E-state index in [0.717, 1.165) is 0 Å². The van der Waals surface area contributed by atoms with E-state index in [1.165, 1.54) is 45.9 Å². The highest BCUT2D eigenvalue weighted by Crippen LogP contribution is 2.31. The van der Waals surface area contributed by atoms with Gasteiger partial charge in [-0.3, -0.25) is 0 Å². The van der Waals surface area contributed by atoms with Gasteiger partial charge in [0.25, 0.3) is 0 Å². The number of rotatable bonds is 2. The fourth-order valence-corrected chi connectivity index (χ4v) is 2.36. The van der Waals surface area contributed by atoms with Crippen molar-refractivity contribution in [2.24, 2.45) is 0 Å². The SMILES string of the molecule is C=Cc1c(C=C)c(C)c2ccccc2c1C.CCC.CCC.